The lowest BCUT2D eigenvalue weighted by atomic mass is 10.1. The number of para-hydroxylation sites is 2. The van der Waals surface area contributed by atoms with Gasteiger partial charge in [0.2, 0.25) is 0 Å². The molecule has 3 aromatic carbocycles. The predicted molar refractivity (Wildman–Crippen MR) is 128 cm³/mol. The lowest BCUT2D eigenvalue weighted by Gasteiger charge is -2.10. The Kier molecular flexibility index (Phi) is 5.21. The molecule has 4 aromatic rings. The van der Waals surface area contributed by atoms with Crippen LogP contribution in [0, 0.1) is 0 Å². The highest BCUT2D eigenvalue weighted by atomic mass is 35.5. The van der Waals surface area contributed by atoms with E-state index in [1.807, 2.05) is 48.7 Å². The molecule has 0 radical (unpaired) electrons. The second-order valence-corrected chi connectivity index (χ2v) is 8.27. The van der Waals surface area contributed by atoms with Crippen LogP contribution in [0.15, 0.2) is 84.7 Å². The Morgan fingerprint density at radius 2 is 1.66 bits per heavy atom. The molecule has 1 N–H and O–H groups in total. The van der Waals surface area contributed by atoms with Gasteiger partial charge in [-0.1, -0.05) is 65.7 Å². The number of fused-ring (bicyclic) bond motifs is 1. The predicted octanol–water partition coefficient (Wildman–Crippen LogP) is 6.09. The number of nitrogens with zero attached hydrogens (tertiary/aromatic N) is 2. The number of imide groups is 1. The summed E-state index contributed by atoms with van der Waals surface area (Å²) in [6, 6.07) is 21.7. The zero-order chi connectivity index (χ0) is 22.2. The van der Waals surface area contributed by atoms with Gasteiger partial charge in [0.15, 0.2) is 0 Å². The third-order valence-corrected chi connectivity index (χ3v) is 5.95. The van der Waals surface area contributed by atoms with Crippen LogP contribution in [0.1, 0.15) is 11.1 Å². The molecule has 0 saturated carbocycles. The largest absolute Gasteiger partial charge is 0.342 e. The lowest BCUT2D eigenvalue weighted by Crippen LogP contribution is -2.30. The molecule has 32 heavy (non-hydrogen) atoms. The van der Waals surface area contributed by atoms with Crippen molar-refractivity contribution < 1.29 is 9.59 Å². The van der Waals surface area contributed by atoms with Gasteiger partial charge >= 0.3 is 6.03 Å². The van der Waals surface area contributed by atoms with Crippen LogP contribution in [-0.4, -0.2) is 16.5 Å². The normalized spacial score (nSPS) is 15.1. The number of anilines is 1. The van der Waals surface area contributed by atoms with Crippen LogP contribution >= 0.6 is 23.2 Å². The first kappa shape index (κ1) is 20.4. The van der Waals surface area contributed by atoms with E-state index in [9.17, 15) is 9.59 Å². The molecule has 2 heterocycles. The molecule has 1 fully saturated rings. The van der Waals surface area contributed by atoms with E-state index in [0.717, 1.165) is 26.9 Å². The molecule has 3 amide bonds. The van der Waals surface area contributed by atoms with Crippen LogP contribution in [0.4, 0.5) is 10.5 Å². The summed E-state index contributed by atoms with van der Waals surface area (Å²) in [5.74, 6) is -0.390. The minimum absolute atomic E-state index is 0.228. The van der Waals surface area contributed by atoms with Gasteiger partial charge in [-0.15, -0.1) is 0 Å². The summed E-state index contributed by atoms with van der Waals surface area (Å²) in [5, 5.41) is 4.83. The van der Waals surface area contributed by atoms with E-state index >= 15 is 0 Å². The molecule has 0 aliphatic carbocycles. The zero-order valence-corrected chi connectivity index (χ0v) is 18.3. The van der Waals surface area contributed by atoms with Crippen LogP contribution in [0.5, 0.6) is 0 Å². The summed E-state index contributed by atoms with van der Waals surface area (Å²) in [4.78, 5) is 26.6. The van der Waals surface area contributed by atoms with Crippen LogP contribution < -0.4 is 10.2 Å². The SMILES string of the molecule is O=C1N/C(=C/c2cn(Cc3ccc(Cl)cc3Cl)c3ccccc23)C(=O)N1c1ccccc1. The van der Waals surface area contributed by atoms with Gasteiger partial charge in [0.05, 0.1) is 5.69 Å². The van der Waals surface area contributed by atoms with Crippen molar-refractivity contribution in [2.75, 3.05) is 4.90 Å². The van der Waals surface area contributed by atoms with Crippen molar-refractivity contribution in [1.82, 2.24) is 9.88 Å². The van der Waals surface area contributed by atoms with E-state index < -0.39 is 11.9 Å². The van der Waals surface area contributed by atoms with Crippen molar-refractivity contribution in [3.63, 3.8) is 0 Å². The van der Waals surface area contributed by atoms with Crippen molar-refractivity contribution >= 4 is 57.8 Å². The van der Waals surface area contributed by atoms with Crippen molar-refractivity contribution in [2.24, 2.45) is 0 Å². The Morgan fingerprint density at radius 3 is 2.44 bits per heavy atom. The van der Waals surface area contributed by atoms with Crippen LogP contribution in [0.3, 0.4) is 0 Å². The Labute approximate surface area is 194 Å². The van der Waals surface area contributed by atoms with E-state index in [-0.39, 0.29) is 5.70 Å². The van der Waals surface area contributed by atoms with E-state index in [1.165, 1.54) is 0 Å². The van der Waals surface area contributed by atoms with E-state index in [0.29, 0.717) is 22.3 Å². The quantitative estimate of drug-likeness (QED) is 0.295. The summed E-state index contributed by atoms with van der Waals surface area (Å²) >= 11 is 12.4. The average molecular weight is 462 g/mol. The molecule has 0 spiro atoms. The molecule has 5 rings (SSSR count). The number of hydrogen-bond acceptors (Lipinski definition) is 2. The first-order chi connectivity index (χ1) is 15.5. The fraction of sp³-hybridized carbons (Fsp3) is 0.0400. The van der Waals surface area contributed by atoms with Gasteiger partial charge in [-0.05, 0) is 42.0 Å². The molecule has 0 atom stereocenters. The minimum Gasteiger partial charge on any atom is -0.342 e. The third-order valence-electron chi connectivity index (χ3n) is 5.37. The summed E-state index contributed by atoms with van der Waals surface area (Å²) in [6.45, 7) is 0.538. The number of nitrogens with one attached hydrogen (secondary N) is 1. The molecule has 1 saturated heterocycles. The van der Waals surface area contributed by atoms with Crippen molar-refractivity contribution in [1.29, 1.82) is 0 Å². The van der Waals surface area contributed by atoms with Gasteiger partial charge in [-0.25, -0.2) is 9.69 Å². The Balaban J connectivity index is 1.53. The number of benzene rings is 3. The minimum atomic E-state index is -0.468. The maximum Gasteiger partial charge on any atom is 0.333 e. The molecule has 5 nitrogen and oxygen atoms in total. The number of carbonyl (C=O) groups excluding carboxylic acids is 2. The maximum absolute atomic E-state index is 13.0. The monoisotopic (exact) mass is 461 g/mol. The number of hydrogen-bond donors (Lipinski definition) is 1. The molecule has 1 aliphatic rings. The van der Waals surface area contributed by atoms with Crippen LogP contribution in [0.2, 0.25) is 10.0 Å². The van der Waals surface area contributed by atoms with Crippen molar-refractivity contribution in [3.8, 4) is 0 Å². The first-order valence-corrected chi connectivity index (χ1v) is 10.7. The number of amides is 3. The molecule has 0 bridgehead atoms. The van der Waals surface area contributed by atoms with Gasteiger partial charge in [-0.3, -0.25) is 4.79 Å². The van der Waals surface area contributed by atoms with E-state index in [2.05, 4.69) is 9.88 Å². The Bertz CT molecular complexity index is 1390. The molecular formula is C25H17Cl2N3O2. The highest BCUT2D eigenvalue weighted by molar-refractivity contribution is 6.35. The number of rotatable bonds is 4. The van der Waals surface area contributed by atoms with Crippen LogP contribution in [0.25, 0.3) is 17.0 Å². The highest BCUT2D eigenvalue weighted by Crippen LogP contribution is 2.29. The Morgan fingerprint density at radius 1 is 0.906 bits per heavy atom. The zero-order valence-electron chi connectivity index (χ0n) is 16.8. The molecule has 158 valence electrons. The van der Waals surface area contributed by atoms with Crippen LogP contribution in [-0.2, 0) is 11.3 Å². The smallest absolute Gasteiger partial charge is 0.333 e. The van der Waals surface area contributed by atoms with Crippen molar-refractivity contribution in [2.45, 2.75) is 6.54 Å². The number of carbonyl (C=O) groups is 2. The van der Waals surface area contributed by atoms with Gasteiger partial charge in [-0.2, -0.15) is 0 Å². The lowest BCUT2D eigenvalue weighted by molar-refractivity contribution is -0.113. The summed E-state index contributed by atoms with van der Waals surface area (Å²) in [6.07, 6.45) is 3.67. The molecule has 0 unspecified atom stereocenters. The standard InChI is InChI=1S/C25H17Cl2N3O2/c26-18-11-10-16(21(27)13-18)14-29-15-17(20-8-4-5-9-23(20)29)12-22-24(31)30(25(32)28-22)19-6-2-1-3-7-19/h1-13,15H,14H2,(H,28,32)/b22-12+. The highest BCUT2D eigenvalue weighted by Gasteiger charge is 2.34. The second-order valence-electron chi connectivity index (χ2n) is 7.43. The van der Waals surface area contributed by atoms with Gasteiger partial charge in [0, 0.05) is 39.3 Å². The average Bonchev–Trinajstić information content (AvgIpc) is 3.27. The number of aromatic nitrogens is 1. The van der Waals surface area contributed by atoms with Gasteiger partial charge < -0.3 is 9.88 Å². The van der Waals surface area contributed by atoms with E-state index in [1.54, 1.807) is 36.4 Å². The third kappa shape index (κ3) is 3.66. The van der Waals surface area contributed by atoms with Crippen molar-refractivity contribution in [3.05, 3.63) is 106 Å². The fourth-order valence-corrected chi connectivity index (χ4v) is 4.32. The molecule has 1 aliphatic heterocycles. The molecule has 7 heteroatoms. The maximum atomic E-state index is 13.0. The Hall–Kier alpha value is -3.54. The summed E-state index contributed by atoms with van der Waals surface area (Å²) in [5.41, 5.74) is 3.49. The molecule has 1 aromatic heterocycles. The van der Waals surface area contributed by atoms with E-state index in [4.69, 9.17) is 23.2 Å². The van der Waals surface area contributed by atoms with Gasteiger partial charge in [0.1, 0.15) is 5.70 Å². The fourth-order valence-electron chi connectivity index (χ4n) is 3.86. The topological polar surface area (TPSA) is 54.3 Å². The number of halogens is 2. The molecular weight excluding hydrogens is 445 g/mol. The summed E-state index contributed by atoms with van der Waals surface area (Å²) < 4.78 is 2.06. The van der Waals surface area contributed by atoms with Gasteiger partial charge in [0.25, 0.3) is 5.91 Å². The number of urea groups is 1. The second kappa shape index (κ2) is 8.19. The first-order valence-electron chi connectivity index (χ1n) is 9.95. The summed E-state index contributed by atoms with van der Waals surface area (Å²) in [7, 11) is 0.